The van der Waals surface area contributed by atoms with E-state index in [0.29, 0.717) is 17.9 Å². The van der Waals surface area contributed by atoms with Crippen LogP contribution in [-0.4, -0.2) is 43.7 Å². The average molecular weight is 347 g/mol. The molecule has 1 saturated carbocycles. The van der Waals surface area contributed by atoms with Crippen molar-refractivity contribution in [1.82, 2.24) is 14.7 Å². The van der Waals surface area contributed by atoms with Crippen LogP contribution < -0.4 is 0 Å². The van der Waals surface area contributed by atoms with Gasteiger partial charge in [-0.2, -0.15) is 5.10 Å². The molecule has 2 fully saturated rings. The molecule has 3 rings (SSSR count). The lowest BCUT2D eigenvalue weighted by atomic mass is 9.84. The van der Waals surface area contributed by atoms with Crippen molar-refractivity contribution in [3.63, 3.8) is 0 Å². The molecule has 138 valence electrons. The summed E-state index contributed by atoms with van der Waals surface area (Å²) >= 11 is 0. The molecule has 3 unspecified atom stereocenters. The number of carboxylic acid groups (broad SMARTS) is 1. The normalized spacial score (nSPS) is 26.1. The van der Waals surface area contributed by atoms with E-state index in [4.69, 9.17) is 0 Å². The summed E-state index contributed by atoms with van der Waals surface area (Å²) < 4.78 is 1.93. The van der Waals surface area contributed by atoms with Gasteiger partial charge in [0.25, 0.3) is 5.91 Å². The van der Waals surface area contributed by atoms with Gasteiger partial charge >= 0.3 is 5.97 Å². The van der Waals surface area contributed by atoms with Gasteiger partial charge in [-0.3, -0.25) is 9.48 Å². The van der Waals surface area contributed by atoms with Crippen molar-refractivity contribution < 1.29 is 14.7 Å². The molecule has 3 atom stereocenters. The van der Waals surface area contributed by atoms with E-state index in [1.54, 1.807) is 11.1 Å². The van der Waals surface area contributed by atoms with Gasteiger partial charge in [-0.15, -0.1) is 0 Å². The van der Waals surface area contributed by atoms with E-state index in [0.717, 1.165) is 44.2 Å². The van der Waals surface area contributed by atoms with Crippen molar-refractivity contribution in [2.75, 3.05) is 0 Å². The Bertz CT molecular complexity index is 650. The van der Waals surface area contributed by atoms with Crippen molar-refractivity contribution in [2.45, 2.75) is 83.8 Å². The van der Waals surface area contributed by atoms with Crippen LogP contribution in [0.5, 0.6) is 0 Å². The van der Waals surface area contributed by atoms with Crippen LogP contribution in [0.25, 0.3) is 0 Å². The zero-order chi connectivity index (χ0) is 18.1. The average Bonchev–Trinajstić information content (AvgIpc) is 3.17. The number of nitrogens with zero attached hydrogens (tertiary/aromatic N) is 3. The maximum atomic E-state index is 13.3. The molecule has 0 aromatic carbocycles. The van der Waals surface area contributed by atoms with E-state index in [1.807, 2.05) is 11.6 Å². The molecule has 25 heavy (non-hydrogen) atoms. The number of aliphatic carboxylic acids is 1. The SMILES string of the molecule is CCC(CC)n1ncc(C(=O)N2C(C(=O)O)CC3CCCCC32)c1C. The molecule has 1 amide bonds. The number of rotatable bonds is 5. The molecule has 1 aromatic heterocycles. The predicted octanol–water partition coefficient (Wildman–Crippen LogP) is 3.41. The molecule has 2 heterocycles. The first-order valence-electron chi connectivity index (χ1n) is 9.59. The van der Waals surface area contributed by atoms with Crippen LogP contribution in [0.15, 0.2) is 6.20 Å². The minimum atomic E-state index is -0.882. The molecule has 1 aliphatic heterocycles. The standard InChI is InChI=1S/C19H29N3O3/c1-4-14(5-2)22-12(3)15(11-20-22)18(23)21-16-9-7-6-8-13(16)10-17(21)19(24)25/h11,13-14,16-17H,4-10H2,1-3H3,(H,24,25). The van der Waals surface area contributed by atoms with Gasteiger partial charge in [0.2, 0.25) is 0 Å². The van der Waals surface area contributed by atoms with E-state index in [1.165, 1.54) is 0 Å². The van der Waals surface area contributed by atoms with E-state index in [9.17, 15) is 14.7 Å². The molecule has 6 heteroatoms. The van der Waals surface area contributed by atoms with Crippen LogP contribution in [-0.2, 0) is 4.79 Å². The summed E-state index contributed by atoms with van der Waals surface area (Å²) in [5.41, 5.74) is 1.41. The highest BCUT2D eigenvalue weighted by Gasteiger charge is 2.48. The van der Waals surface area contributed by atoms with Crippen molar-refractivity contribution in [2.24, 2.45) is 5.92 Å². The molecule has 2 aliphatic rings. The number of carbonyl (C=O) groups is 2. The Morgan fingerprint density at radius 1 is 1.28 bits per heavy atom. The number of fused-ring (bicyclic) bond motifs is 1. The fourth-order valence-corrected chi connectivity index (χ4v) is 4.75. The molecule has 1 aliphatic carbocycles. The second-order valence-electron chi connectivity index (χ2n) is 7.47. The van der Waals surface area contributed by atoms with Gasteiger partial charge in [0, 0.05) is 11.7 Å². The van der Waals surface area contributed by atoms with Crippen LogP contribution in [0.4, 0.5) is 0 Å². The fourth-order valence-electron chi connectivity index (χ4n) is 4.75. The number of hydrogen-bond donors (Lipinski definition) is 1. The Balaban J connectivity index is 1.92. The molecule has 0 spiro atoms. The Labute approximate surface area is 149 Å². The van der Waals surface area contributed by atoms with Crippen molar-refractivity contribution in [3.05, 3.63) is 17.5 Å². The lowest BCUT2D eigenvalue weighted by molar-refractivity contribution is -0.141. The third-order valence-corrected chi connectivity index (χ3v) is 6.17. The van der Waals surface area contributed by atoms with Crippen molar-refractivity contribution >= 4 is 11.9 Å². The minimum absolute atomic E-state index is 0.0678. The Kier molecular flexibility index (Phi) is 5.16. The summed E-state index contributed by atoms with van der Waals surface area (Å²) in [6, 6.07) is -0.354. The fraction of sp³-hybridized carbons (Fsp3) is 0.737. The topological polar surface area (TPSA) is 75.4 Å². The number of aromatic nitrogens is 2. The molecular formula is C19H29N3O3. The van der Waals surface area contributed by atoms with Crippen LogP contribution in [0.1, 0.15) is 80.9 Å². The van der Waals surface area contributed by atoms with E-state index < -0.39 is 12.0 Å². The molecule has 0 radical (unpaired) electrons. The second kappa shape index (κ2) is 7.18. The van der Waals surface area contributed by atoms with Crippen LogP contribution in [0.3, 0.4) is 0 Å². The Hall–Kier alpha value is -1.85. The number of hydrogen-bond acceptors (Lipinski definition) is 3. The summed E-state index contributed by atoms with van der Waals surface area (Å²) in [6.07, 6.45) is 8.29. The lowest BCUT2D eigenvalue weighted by Crippen LogP contribution is -2.46. The zero-order valence-electron chi connectivity index (χ0n) is 15.4. The summed E-state index contributed by atoms with van der Waals surface area (Å²) in [4.78, 5) is 26.7. The van der Waals surface area contributed by atoms with Gasteiger partial charge in [0.15, 0.2) is 0 Å². The minimum Gasteiger partial charge on any atom is -0.480 e. The summed E-state index contributed by atoms with van der Waals surface area (Å²) in [5, 5.41) is 14.1. The first-order valence-corrected chi connectivity index (χ1v) is 9.59. The first kappa shape index (κ1) is 18.0. The van der Waals surface area contributed by atoms with Crippen molar-refractivity contribution in [1.29, 1.82) is 0 Å². The summed E-state index contributed by atoms with van der Waals surface area (Å²) in [5.74, 6) is -0.711. The van der Waals surface area contributed by atoms with Crippen LogP contribution >= 0.6 is 0 Å². The van der Waals surface area contributed by atoms with Gasteiger partial charge in [0.1, 0.15) is 6.04 Å². The third-order valence-electron chi connectivity index (χ3n) is 6.17. The monoisotopic (exact) mass is 347 g/mol. The van der Waals surface area contributed by atoms with Gasteiger partial charge in [-0.25, -0.2) is 4.79 Å². The summed E-state index contributed by atoms with van der Waals surface area (Å²) in [7, 11) is 0. The molecule has 0 bridgehead atoms. The second-order valence-corrected chi connectivity index (χ2v) is 7.47. The number of carboxylic acids is 1. The lowest BCUT2D eigenvalue weighted by Gasteiger charge is -2.33. The molecule has 1 N–H and O–H groups in total. The summed E-state index contributed by atoms with van der Waals surface area (Å²) in [6.45, 7) is 6.15. The van der Waals surface area contributed by atoms with Gasteiger partial charge in [-0.05, 0) is 44.9 Å². The van der Waals surface area contributed by atoms with E-state index in [2.05, 4.69) is 18.9 Å². The first-order chi connectivity index (χ1) is 12.0. The Morgan fingerprint density at radius 3 is 2.60 bits per heavy atom. The number of likely N-dealkylation sites (tertiary alicyclic amines) is 1. The highest BCUT2D eigenvalue weighted by Crippen LogP contribution is 2.40. The molecule has 1 aromatic rings. The van der Waals surface area contributed by atoms with Crippen LogP contribution in [0.2, 0.25) is 0 Å². The highest BCUT2D eigenvalue weighted by atomic mass is 16.4. The molecule has 1 saturated heterocycles. The van der Waals surface area contributed by atoms with Gasteiger partial charge < -0.3 is 10.0 Å². The van der Waals surface area contributed by atoms with E-state index in [-0.39, 0.29) is 18.0 Å². The largest absolute Gasteiger partial charge is 0.480 e. The van der Waals surface area contributed by atoms with Crippen LogP contribution in [0, 0.1) is 12.8 Å². The smallest absolute Gasteiger partial charge is 0.326 e. The molecular weight excluding hydrogens is 318 g/mol. The maximum absolute atomic E-state index is 13.3. The van der Waals surface area contributed by atoms with Gasteiger partial charge in [0.05, 0.1) is 17.8 Å². The quantitative estimate of drug-likeness (QED) is 0.885. The highest BCUT2D eigenvalue weighted by molar-refractivity contribution is 5.98. The van der Waals surface area contributed by atoms with E-state index >= 15 is 0 Å². The predicted molar refractivity (Wildman–Crippen MR) is 94.5 cm³/mol. The van der Waals surface area contributed by atoms with Crippen molar-refractivity contribution in [3.8, 4) is 0 Å². The third kappa shape index (κ3) is 3.07. The van der Waals surface area contributed by atoms with Gasteiger partial charge in [-0.1, -0.05) is 26.7 Å². The number of carbonyl (C=O) groups excluding carboxylic acids is 1. The molecule has 6 nitrogen and oxygen atoms in total. The maximum Gasteiger partial charge on any atom is 0.326 e. The number of amides is 1. The zero-order valence-corrected chi connectivity index (χ0v) is 15.4. The Morgan fingerprint density at radius 2 is 1.96 bits per heavy atom.